The highest BCUT2D eigenvalue weighted by atomic mass is 16.5. The third-order valence-electron chi connectivity index (χ3n) is 3.79. The average Bonchev–Trinajstić information content (AvgIpc) is 3.15. The summed E-state index contributed by atoms with van der Waals surface area (Å²) in [7, 11) is 1.30. The van der Waals surface area contributed by atoms with Crippen LogP contribution in [0.4, 0.5) is 0 Å². The van der Waals surface area contributed by atoms with Gasteiger partial charge in [-0.3, -0.25) is 0 Å². The number of ether oxygens (including phenoxy) is 2. The number of hydrogen-bond acceptors (Lipinski definition) is 6. The van der Waals surface area contributed by atoms with Crippen LogP contribution in [0.5, 0.6) is 0 Å². The summed E-state index contributed by atoms with van der Waals surface area (Å²) in [4.78, 5) is 23.5. The molecule has 0 bridgehead atoms. The predicted octanol–water partition coefficient (Wildman–Crippen LogP) is 3.79. The molecular formula is C20H17NO5. The van der Waals surface area contributed by atoms with Crippen LogP contribution in [0.2, 0.25) is 0 Å². The molecule has 0 amide bonds. The van der Waals surface area contributed by atoms with E-state index in [1.165, 1.54) is 31.4 Å². The highest BCUT2D eigenvalue weighted by Gasteiger charge is 2.12. The molecule has 3 aromatic rings. The van der Waals surface area contributed by atoms with Crippen molar-refractivity contribution in [2.24, 2.45) is 0 Å². The number of aromatic nitrogens is 1. The minimum Gasteiger partial charge on any atom is -0.465 e. The summed E-state index contributed by atoms with van der Waals surface area (Å²) in [5, 5.41) is 3.92. The third-order valence-corrected chi connectivity index (χ3v) is 3.79. The second-order valence-corrected chi connectivity index (χ2v) is 5.69. The number of benzene rings is 2. The van der Waals surface area contributed by atoms with Gasteiger partial charge in [0, 0.05) is 11.6 Å². The van der Waals surface area contributed by atoms with Gasteiger partial charge in [0.1, 0.15) is 12.3 Å². The molecule has 0 aliphatic rings. The molecule has 0 aliphatic carbocycles. The molecule has 26 heavy (non-hydrogen) atoms. The molecule has 6 heteroatoms. The summed E-state index contributed by atoms with van der Waals surface area (Å²) in [6, 6.07) is 15.6. The van der Waals surface area contributed by atoms with Crippen LogP contribution in [0.3, 0.4) is 0 Å². The maximum atomic E-state index is 12.1. The molecule has 2 aromatic carbocycles. The smallest absolute Gasteiger partial charge is 0.338 e. The number of nitrogens with zero attached hydrogens (tertiary/aromatic N) is 1. The standard InChI is InChI=1S/C20H17NO5/c1-13-3-5-14(6-4-13)18-11-17(21-26-18)12-25-20(23)16-9-7-15(8-10-16)19(22)24-2/h3-11H,12H2,1-2H3. The number of esters is 2. The molecule has 1 aromatic heterocycles. The van der Waals surface area contributed by atoms with Crippen molar-refractivity contribution in [3.05, 3.63) is 77.0 Å². The van der Waals surface area contributed by atoms with Crippen LogP contribution in [0.25, 0.3) is 11.3 Å². The van der Waals surface area contributed by atoms with Crippen molar-refractivity contribution in [2.45, 2.75) is 13.5 Å². The van der Waals surface area contributed by atoms with Gasteiger partial charge in [-0.25, -0.2) is 9.59 Å². The van der Waals surface area contributed by atoms with Gasteiger partial charge < -0.3 is 14.0 Å². The number of carbonyl (C=O) groups is 2. The maximum absolute atomic E-state index is 12.1. The van der Waals surface area contributed by atoms with Crippen LogP contribution < -0.4 is 0 Å². The Morgan fingerprint density at radius 3 is 2.19 bits per heavy atom. The van der Waals surface area contributed by atoms with Gasteiger partial charge in [0.05, 0.1) is 18.2 Å². The van der Waals surface area contributed by atoms with E-state index in [1.54, 1.807) is 6.07 Å². The highest BCUT2D eigenvalue weighted by molar-refractivity contribution is 5.93. The summed E-state index contributed by atoms with van der Waals surface area (Å²) in [5.74, 6) is -0.365. The van der Waals surface area contributed by atoms with Crippen molar-refractivity contribution < 1.29 is 23.6 Å². The van der Waals surface area contributed by atoms with E-state index in [0.29, 0.717) is 22.6 Å². The van der Waals surface area contributed by atoms with Crippen molar-refractivity contribution >= 4 is 11.9 Å². The summed E-state index contributed by atoms with van der Waals surface area (Å²) in [6.07, 6.45) is 0. The Labute approximate surface area is 150 Å². The number of aryl methyl sites for hydroxylation is 1. The quantitative estimate of drug-likeness (QED) is 0.651. The monoisotopic (exact) mass is 351 g/mol. The number of rotatable bonds is 5. The zero-order chi connectivity index (χ0) is 18.5. The van der Waals surface area contributed by atoms with Crippen molar-refractivity contribution in [1.29, 1.82) is 0 Å². The van der Waals surface area contributed by atoms with E-state index in [2.05, 4.69) is 9.89 Å². The maximum Gasteiger partial charge on any atom is 0.338 e. The number of hydrogen-bond donors (Lipinski definition) is 0. The fraction of sp³-hybridized carbons (Fsp3) is 0.150. The van der Waals surface area contributed by atoms with E-state index >= 15 is 0 Å². The summed E-state index contributed by atoms with van der Waals surface area (Å²) < 4.78 is 15.1. The summed E-state index contributed by atoms with van der Waals surface area (Å²) in [6.45, 7) is 2.00. The lowest BCUT2D eigenvalue weighted by Crippen LogP contribution is -2.07. The van der Waals surface area contributed by atoms with Crippen molar-refractivity contribution in [1.82, 2.24) is 5.16 Å². The van der Waals surface area contributed by atoms with Gasteiger partial charge in [0.2, 0.25) is 0 Å². The highest BCUT2D eigenvalue weighted by Crippen LogP contribution is 2.21. The molecule has 132 valence electrons. The molecule has 1 heterocycles. The van der Waals surface area contributed by atoms with Gasteiger partial charge in [-0.05, 0) is 31.2 Å². The van der Waals surface area contributed by atoms with E-state index in [1.807, 2.05) is 31.2 Å². The van der Waals surface area contributed by atoms with Crippen molar-refractivity contribution in [3.63, 3.8) is 0 Å². The van der Waals surface area contributed by atoms with Gasteiger partial charge in [-0.1, -0.05) is 35.0 Å². The van der Waals surface area contributed by atoms with Gasteiger partial charge in [-0.2, -0.15) is 0 Å². The summed E-state index contributed by atoms with van der Waals surface area (Å²) in [5.41, 5.74) is 3.27. The zero-order valence-electron chi connectivity index (χ0n) is 14.4. The van der Waals surface area contributed by atoms with Crippen molar-refractivity contribution in [3.8, 4) is 11.3 Å². The van der Waals surface area contributed by atoms with Crippen LogP contribution in [-0.4, -0.2) is 24.2 Å². The Morgan fingerprint density at radius 2 is 1.58 bits per heavy atom. The molecule has 0 atom stereocenters. The molecule has 0 spiro atoms. The first-order valence-corrected chi connectivity index (χ1v) is 7.95. The minimum absolute atomic E-state index is 0.00700. The largest absolute Gasteiger partial charge is 0.465 e. The molecule has 0 fully saturated rings. The molecule has 0 unspecified atom stereocenters. The van der Waals surface area contributed by atoms with E-state index in [4.69, 9.17) is 9.26 Å². The third kappa shape index (κ3) is 3.97. The van der Waals surface area contributed by atoms with Crippen LogP contribution in [0, 0.1) is 6.92 Å². The van der Waals surface area contributed by atoms with E-state index < -0.39 is 11.9 Å². The van der Waals surface area contributed by atoms with Crippen LogP contribution >= 0.6 is 0 Å². The molecular weight excluding hydrogens is 334 g/mol. The Hall–Kier alpha value is -3.41. The van der Waals surface area contributed by atoms with E-state index in [-0.39, 0.29) is 6.61 Å². The number of methoxy groups -OCH3 is 1. The van der Waals surface area contributed by atoms with E-state index in [0.717, 1.165) is 11.1 Å². The second kappa shape index (κ2) is 7.65. The topological polar surface area (TPSA) is 78.6 Å². The molecule has 0 saturated heterocycles. The molecule has 6 nitrogen and oxygen atoms in total. The Morgan fingerprint density at radius 1 is 0.962 bits per heavy atom. The first kappa shape index (κ1) is 17.4. The molecule has 0 saturated carbocycles. The fourth-order valence-corrected chi connectivity index (χ4v) is 2.32. The zero-order valence-corrected chi connectivity index (χ0v) is 14.4. The lowest BCUT2D eigenvalue weighted by atomic mass is 10.1. The molecule has 0 radical (unpaired) electrons. The molecule has 3 rings (SSSR count). The Balaban J connectivity index is 1.61. The summed E-state index contributed by atoms with van der Waals surface area (Å²) >= 11 is 0. The van der Waals surface area contributed by atoms with Crippen LogP contribution in [-0.2, 0) is 16.1 Å². The van der Waals surface area contributed by atoms with Crippen molar-refractivity contribution in [2.75, 3.05) is 7.11 Å². The Bertz CT molecular complexity index is 910. The van der Waals surface area contributed by atoms with Gasteiger partial charge in [-0.15, -0.1) is 0 Å². The predicted molar refractivity (Wildman–Crippen MR) is 93.6 cm³/mol. The van der Waals surface area contributed by atoms with Gasteiger partial charge >= 0.3 is 11.9 Å². The first-order chi connectivity index (χ1) is 12.6. The molecule has 0 aliphatic heterocycles. The second-order valence-electron chi connectivity index (χ2n) is 5.69. The lowest BCUT2D eigenvalue weighted by molar-refractivity contribution is 0.0463. The SMILES string of the molecule is COC(=O)c1ccc(C(=O)OCc2cc(-c3ccc(C)cc3)on2)cc1. The van der Waals surface area contributed by atoms with E-state index in [9.17, 15) is 9.59 Å². The molecule has 0 N–H and O–H groups in total. The fourth-order valence-electron chi connectivity index (χ4n) is 2.32. The Kier molecular flexibility index (Phi) is 5.12. The van der Waals surface area contributed by atoms with Gasteiger partial charge in [0.15, 0.2) is 5.76 Å². The minimum atomic E-state index is -0.513. The average molecular weight is 351 g/mol. The van der Waals surface area contributed by atoms with Crippen LogP contribution in [0.15, 0.2) is 59.1 Å². The lowest BCUT2D eigenvalue weighted by Gasteiger charge is -2.03. The normalized spacial score (nSPS) is 10.4. The van der Waals surface area contributed by atoms with Gasteiger partial charge in [0.25, 0.3) is 0 Å². The number of carbonyl (C=O) groups excluding carboxylic acids is 2. The van der Waals surface area contributed by atoms with Crippen LogP contribution in [0.1, 0.15) is 32.0 Å². The first-order valence-electron chi connectivity index (χ1n) is 7.95.